The second-order valence-corrected chi connectivity index (χ2v) is 5.55. The molecule has 4 heteroatoms. The first-order valence-electron chi connectivity index (χ1n) is 6.16. The number of carbonyl (C=O) groups excluding carboxylic acids is 1. The Hall–Kier alpha value is -0.870. The fourth-order valence-electron chi connectivity index (χ4n) is 3.49. The maximum absolute atomic E-state index is 11.7. The molecule has 1 heterocycles. The molecule has 2 aliphatic carbocycles. The average Bonchev–Trinajstić information content (AvgIpc) is 2.85. The second-order valence-electron chi connectivity index (χ2n) is 5.55. The summed E-state index contributed by atoms with van der Waals surface area (Å²) in [6, 6.07) is 0. The van der Waals surface area contributed by atoms with Crippen molar-refractivity contribution in [1.82, 2.24) is 0 Å². The third-order valence-corrected chi connectivity index (χ3v) is 4.04. The summed E-state index contributed by atoms with van der Waals surface area (Å²) in [5, 5.41) is 0. The molecule has 3 aliphatic rings. The molecular formula is C13H18O4. The Morgan fingerprint density at radius 1 is 1.47 bits per heavy atom. The summed E-state index contributed by atoms with van der Waals surface area (Å²) in [4.78, 5) is 11.7. The van der Waals surface area contributed by atoms with Crippen LogP contribution in [0, 0.1) is 11.8 Å². The van der Waals surface area contributed by atoms with Crippen LogP contribution in [0.5, 0.6) is 0 Å². The minimum atomic E-state index is -0.524. The van der Waals surface area contributed by atoms with E-state index >= 15 is 0 Å². The zero-order valence-electron chi connectivity index (χ0n) is 10.4. The van der Waals surface area contributed by atoms with Crippen LogP contribution in [0.25, 0.3) is 0 Å². The first kappa shape index (κ1) is 11.2. The number of carbonyl (C=O) groups is 1. The van der Waals surface area contributed by atoms with Crippen LogP contribution >= 0.6 is 0 Å². The van der Waals surface area contributed by atoms with Crippen LogP contribution in [0.15, 0.2) is 11.6 Å². The quantitative estimate of drug-likeness (QED) is 0.651. The number of hydrogen-bond acceptors (Lipinski definition) is 4. The lowest BCUT2D eigenvalue weighted by Crippen LogP contribution is -2.29. The van der Waals surface area contributed by atoms with E-state index in [1.807, 2.05) is 19.9 Å². The first-order valence-corrected chi connectivity index (χ1v) is 6.16. The lowest BCUT2D eigenvalue weighted by atomic mass is 9.93. The monoisotopic (exact) mass is 238 g/mol. The highest BCUT2D eigenvalue weighted by molar-refractivity contribution is 5.89. The van der Waals surface area contributed by atoms with Gasteiger partial charge in [-0.15, -0.1) is 0 Å². The molecule has 1 saturated carbocycles. The summed E-state index contributed by atoms with van der Waals surface area (Å²) in [6.45, 7) is 3.85. The van der Waals surface area contributed by atoms with Gasteiger partial charge in [-0.05, 0) is 32.6 Å². The lowest BCUT2D eigenvalue weighted by Gasteiger charge is -2.23. The molecule has 0 N–H and O–H groups in total. The molecule has 1 aliphatic heterocycles. The van der Waals surface area contributed by atoms with E-state index in [9.17, 15) is 4.79 Å². The van der Waals surface area contributed by atoms with Crippen LogP contribution in [0.4, 0.5) is 0 Å². The second kappa shape index (κ2) is 3.56. The number of methoxy groups -OCH3 is 1. The highest BCUT2D eigenvalue weighted by atomic mass is 16.8. The normalized spacial score (nSPS) is 41.9. The topological polar surface area (TPSA) is 44.8 Å². The number of ether oxygens (including phenoxy) is 3. The maximum atomic E-state index is 11.7. The van der Waals surface area contributed by atoms with Gasteiger partial charge < -0.3 is 14.2 Å². The van der Waals surface area contributed by atoms with Crippen LogP contribution in [0.1, 0.15) is 26.7 Å². The van der Waals surface area contributed by atoms with Crippen LogP contribution in [0.2, 0.25) is 0 Å². The fraction of sp³-hybridized carbons (Fsp3) is 0.769. The van der Waals surface area contributed by atoms with Crippen molar-refractivity contribution in [2.75, 3.05) is 7.11 Å². The summed E-state index contributed by atoms with van der Waals surface area (Å²) in [6.07, 6.45) is 4.08. The standard InChI is InChI=1S/C13H18O4/c1-13(2)16-9-6-7-4-5-8(12(14)15-3)10(7)11(9)17-13/h5,7,9-11H,4,6H2,1-3H3/t7-,9-,10+,11-/m0/s1. The number of rotatable bonds is 1. The summed E-state index contributed by atoms with van der Waals surface area (Å²) in [5.74, 6) is -0.0969. The minimum absolute atomic E-state index is 0.0165. The Kier molecular flexibility index (Phi) is 2.35. The van der Waals surface area contributed by atoms with E-state index in [1.54, 1.807) is 0 Å². The molecule has 4 atom stereocenters. The average molecular weight is 238 g/mol. The highest BCUT2D eigenvalue weighted by Gasteiger charge is 2.56. The fourth-order valence-corrected chi connectivity index (χ4v) is 3.49. The van der Waals surface area contributed by atoms with Gasteiger partial charge in [-0.3, -0.25) is 0 Å². The van der Waals surface area contributed by atoms with Crippen molar-refractivity contribution >= 4 is 5.97 Å². The molecule has 2 fully saturated rings. The van der Waals surface area contributed by atoms with Crippen molar-refractivity contribution in [2.45, 2.75) is 44.7 Å². The maximum Gasteiger partial charge on any atom is 0.333 e. The van der Waals surface area contributed by atoms with Crippen LogP contribution in [-0.4, -0.2) is 31.1 Å². The Labute approximate surface area is 101 Å². The van der Waals surface area contributed by atoms with Gasteiger partial charge in [0.2, 0.25) is 0 Å². The van der Waals surface area contributed by atoms with E-state index in [0.29, 0.717) is 5.92 Å². The molecule has 0 radical (unpaired) electrons. The van der Waals surface area contributed by atoms with Gasteiger partial charge in [-0.2, -0.15) is 0 Å². The van der Waals surface area contributed by atoms with Gasteiger partial charge in [0.05, 0.1) is 19.3 Å². The molecule has 0 spiro atoms. The van der Waals surface area contributed by atoms with Crippen molar-refractivity contribution in [3.05, 3.63) is 11.6 Å². The molecule has 0 unspecified atom stereocenters. The minimum Gasteiger partial charge on any atom is -0.466 e. The molecule has 4 nitrogen and oxygen atoms in total. The highest BCUT2D eigenvalue weighted by Crippen LogP contribution is 2.51. The van der Waals surface area contributed by atoms with Crippen LogP contribution in [-0.2, 0) is 19.0 Å². The summed E-state index contributed by atoms with van der Waals surface area (Å²) in [7, 11) is 1.43. The summed E-state index contributed by atoms with van der Waals surface area (Å²) in [5.41, 5.74) is 0.784. The van der Waals surface area contributed by atoms with E-state index in [-0.39, 0.29) is 24.1 Å². The van der Waals surface area contributed by atoms with E-state index < -0.39 is 5.79 Å². The number of allylic oxidation sites excluding steroid dienone is 1. The van der Waals surface area contributed by atoms with Crippen molar-refractivity contribution in [3.63, 3.8) is 0 Å². The first-order chi connectivity index (χ1) is 8.02. The molecule has 0 aromatic heterocycles. The Balaban J connectivity index is 1.84. The van der Waals surface area contributed by atoms with E-state index in [2.05, 4.69) is 0 Å². The van der Waals surface area contributed by atoms with Gasteiger partial charge in [0.25, 0.3) is 0 Å². The predicted octanol–water partition coefficient (Wildman–Crippen LogP) is 1.65. The zero-order chi connectivity index (χ0) is 12.2. The third kappa shape index (κ3) is 1.62. The molecule has 1 saturated heterocycles. The number of esters is 1. The van der Waals surface area contributed by atoms with Crippen LogP contribution in [0.3, 0.4) is 0 Å². The molecular weight excluding hydrogens is 220 g/mol. The molecule has 17 heavy (non-hydrogen) atoms. The third-order valence-electron chi connectivity index (χ3n) is 4.04. The summed E-state index contributed by atoms with van der Waals surface area (Å²) < 4.78 is 16.6. The number of fused-ring (bicyclic) bond motifs is 3. The SMILES string of the molecule is COC(=O)C1=CC[C@H]2C[C@@H]3OC(C)(C)O[C@@H]3[C@@H]12. The van der Waals surface area contributed by atoms with Gasteiger partial charge in [-0.1, -0.05) is 6.08 Å². The van der Waals surface area contributed by atoms with Crippen LogP contribution < -0.4 is 0 Å². The molecule has 0 amide bonds. The molecule has 0 bridgehead atoms. The lowest BCUT2D eigenvalue weighted by molar-refractivity contribution is -0.159. The smallest absolute Gasteiger partial charge is 0.333 e. The number of hydrogen-bond donors (Lipinski definition) is 0. The van der Waals surface area contributed by atoms with Crippen molar-refractivity contribution < 1.29 is 19.0 Å². The van der Waals surface area contributed by atoms with E-state index in [4.69, 9.17) is 14.2 Å². The predicted molar refractivity (Wildman–Crippen MR) is 60.1 cm³/mol. The van der Waals surface area contributed by atoms with E-state index in [1.165, 1.54) is 7.11 Å². The van der Waals surface area contributed by atoms with Gasteiger partial charge in [0.1, 0.15) is 0 Å². The van der Waals surface area contributed by atoms with Gasteiger partial charge in [0, 0.05) is 11.5 Å². The van der Waals surface area contributed by atoms with Crippen molar-refractivity contribution in [3.8, 4) is 0 Å². The van der Waals surface area contributed by atoms with E-state index in [0.717, 1.165) is 18.4 Å². The largest absolute Gasteiger partial charge is 0.466 e. The van der Waals surface area contributed by atoms with Gasteiger partial charge in [0.15, 0.2) is 5.79 Å². The molecule has 94 valence electrons. The molecule has 0 aromatic carbocycles. The van der Waals surface area contributed by atoms with Gasteiger partial charge in [-0.25, -0.2) is 4.79 Å². The Bertz CT molecular complexity index is 385. The van der Waals surface area contributed by atoms with Crippen molar-refractivity contribution in [2.24, 2.45) is 11.8 Å². The van der Waals surface area contributed by atoms with Crippen molar-refractivity contribution in [1.29, 1.82) is 0 Å². The molecule has 0 aromatic rings. The Morgan fingerprint density at radius 3 is 2.94 bits per heavy atom. The summed E-state index contributed by atoms with van der Waals surface area (Å²) >= 11 is 0. The zero-order valence-corrected chi connectivity index (χ0v) is 10.4. The molecule has 3 rings (SSSR count). The Morgan fingerprint density at radius 2 is 2.24 bits per heavy atom. The van der Waals surface area contributed by atoms with Gasteiger partial charge >= 0.3 is 5.97 Å².